The molecule has 4 heterocycles. The molecule has 0 radical (unpaired) electrons. The number of aromatic nitrogens is 4. The summed E-state index contributed by atoms with van der Waals surface area (Å²) < 4.78 is 21.1. The molecule has 0 aliphatic carbocycles. The van der Waals surface area contributed by atoms with Crippen LogP contribution in [0.1, 0.15) is 42.2 Å². The van der Waals surface area contributed by atoms with Gasteiger partial charge < -0.3 is 15.4 Å². The maximum atomic E-state index is 13.8. The number of carbonyl (C=O) groups is 1. The molecule has 8 nitrogen and oxygen atoms in total. The second-order valence-corrected chi connectivity index (χ2v) is 6.44. The third-order valence-electron chi connectivity index (χ3n) is 4.54. The first-order chi connectivity index (χ1) is 13.0. The molecule has 140 valence electrons. The number of amides is 1. The standard InChI is InChI=1S/C18H19FN6O2/c1-3-12-9-27-18-13(6-11(19)7-20-18)10(2)22-15-4-5-25-16(24-15)14(8-21-25)17(26)23-12/h4-8,10,12H,3,9H2,1-2H3,(H,22,24)(H,23,26)/t10-,12-/m1/s1. The number of nitrogens with one attached hydrogen (secondary N) is 2. The Morgan fingerprint density at radius 3 is 3.04 bits per heavy atom. The molecule has 4 rings (SSSR count). The fourth-order valence-corrected chi connectivity index (χ4v) is 2.99. The van der Waals surface area contributed by atoms with Gasteiger partial charge in [-0.05, 0) is 25.5 Å². The number of fused-ring (bicyclic) bond motifs is 2. The van der Waals surface area contributed by atoms with Gasteiger partial charge in [0.1, 0.15) is 23.8 Å². The predicted octanol–water partition coefficient (Wildman–Crippen LogP) is 2.34. The average Bonchev–Trinajstić information content (AvgIpc) is 3.08. The van der Waals surface area contributed by atoms with Gasteiger partial charge in [0.2, 0.25) is 5.88 Å². The van der Waals surface area contributed by atoms with E-state index in [1.807, 2.05) is 13.8 Å². The summed E-state index contributed by atoms with van der Waals surface area (Å²) in [5.41, 5.74) is 1.40. The zero-order valence-corrected chi connectivity index (χ0v) is 14.9. The van der Waals surface area contributed by atoms with Crippen molar-refractivity contribution in [2.45, 2.75) is 32.4 Å². The maximum Gasteiger partial charge on any atom is 0.257 e. The molecule has 0 spiro atoms. The van der Waals surface area contributed by atoms with Crippen LogP contribution in [0.15, 0.2) is 30.7 Å². The zero-order chi connectivity index (χ0) is 19.0. The van der Waals surface area contributed by atoms with Crippen LogP contribution in [0, 0.1) is 5.82 Å². The molecule has 0 saturated heterocycles. The fourth-order valence-electron chi connectivity index (χ4n) is 2.99. The normalized spacial score (nSPS) is 19.9. The van der Waals surface area contributed by atoms with Gasteiger partial charge in [-0.3, -0.25) is 4.79 Å². The Labute approximate surface area is 154 Å². The van der Waals surface area contributed by atoms with Crippen LogP contribution in [0.3, 0.4) is 0 Å². The van der Waals surface area contributed by atoms with Crippen molar-refractivity contribution < 1.29 is 13.9 Å². The van der Waals surface area contributed by atoms with E-state index in [0.29, 0.717) is 34.9 Å². The van der Waals surface area contributed by atoms with Crippen LogP contribution in [0.4, 0.5) is 10.2 Å². The summed E-state index contributed by atoms with van der Waals surface area (Å²) in [5.74, 6) is 0.139. The smallest absolute Gasteiger partial charge is 0.257 e. The van der Waals surface area contributed by atoms with Gasteiger partial charge >= 0.3 is 0 Å². The lowest BCUT2D eigenvalue weighted by atomic mass is 10.1. The summed E-state index contributed by atoms with van der Waals surface area (Å²) in [4.78, 5) is 21.3. The van der Waals surface area contributed by atoms with Gasteiger partial charge in [0, 0.05) is 11.8 Å². The molecule has 1 amide bonds. The van der Waals surface area contributed by atoms with Crippen LogP contribution >= 0.6 is 0 Å². The van der Waals surface area contributed by atoms with Crippen molar-refractivity contribution in [1.82, 2.24) is 24.9 Å². The number of anilines is 1. The summed E-state index contributed by atoms with van der Waals surface area (Å²) in [7, 11) is 0. The molecule has 1 aliphatic rings. The van der Waals surface area contributed by atoms with Crippen molar-refractivity contribution in [1.29, 1.82) is 0 Å². The first kappa shape index (κ1) is 17.2. The maximum absolute atomic E-state index is 13.8. The molecule has 9 heteroatoms. The fraction of sp³-hybridized carbons (Fsp3) is 0.333. The molecule has 0 fully saturated rings. The van der Waals surface area contributed by atoms with Gasteiger partial charge in [0.15, 0.2) is 5.65 Å². The van der Waals surface area contributed by atoms with E-state index in [1.54, 1.807) is 12.3 Å². The van der Waals surface area contributed by atoms with E-state index in [2.05, 4.69) is 25.7 Å². The van der Waals surface area contributed by atoms with Crippen LogP contribution in [0.2, 0.25) is 0 Å². The Morgan fingerprint density at radius 2 is 2.22 bits per heavy atom. The molecule has 2 bridgehead atoms. The third-order valence-corrected chi connectivity index (χ3v) is 4.54. The quantitative estimate of drug-likeness (QED) is 0.683. The predicted molar refractivity (Wildman–Crippen MR) is 96.3 cm³/mol. The van der Waals surface area contributed by atoms with Crippen molar-refractivity contribution in [2.75, 3.05) is 11.9 Å². The van der Waals surface area contributed by atoms with E-state index in [1.165, 1.54) is 16.8 Å². The van der Waals surface area contributed by atoms with E-state index in [0.717, 1.165) is 6.20 Å². The SMILES string of the molecule is CC[C@@H]1COc2ncc(F)cc2[C@@H](C)Nc2ccn3ncc(c3n2)C(=O)N1. The summed E-state index contributed by atoms with van der Waals surface area (Å²) in [6.45, 7) is 4.03. The van der Waals surface area contributed by atoms with Gasteiger partial charge in [0.05, 0.1) is 24.5 Å². The molecule has 1 aliphatic heterocycles. The van der Waals surface area contributed by atoms with Crippen molar-refractivity contribution in [2.24, 2.45) is 0 Å². The number of carbonyl (C=O) groups excluding carboxylic acids is 1. The third kappa shape index (κ3) is 3.27. The lowest BCUT2D eigenvalue weighted by Crippen LogP contribution is -2.38. The summed E-state index contributed by atoms with van der Waals surface area (Å²) >= 11 is 0. The van der Waals surface area contributed by atoms with Crippen molar-refractivity contribution in [3.8, 4) is 5.88 Å². The summed E-state index contributed by atoms with van der Waals surface area (Å²) in [6, 6.07) is 2.58. The van der Waals surface area contributed by atoms with E-state index < -0.39 is 5.82 Å². The van der Waals surface area contributed by atoms with Gasteiger partial charge in [-0.25, -0.2) is 18.9 Å². The van der Waals surface area contributed by atoms with Crippen molar-refractivity contribution in [3.63, 3.8) is 0 Å². The Kier molecular flexibility index (Phi) is 4.35. The topological polar surface area (TPSA) is 93.4 Å². The van der Waals surface area contributed by atoms with Crippen LogP contribution in [-0.4, -0.2) is 38.1 Å². The van der Waals surface area contributed by atoms with Gasteiger partial charge in [-0.15, -0.1) is 0 Å². The minimum Gasteiger partial charge on any atom is -0.475 e. The molecule has 3 aromatic rings. The summed E-state index contributed by atoms with van der Waals surface area (Å²) in [6.07, 6.45) is 4.98. The van der Waals surface area contributed by atoms with E-state index in [-0.39, 0.29) is 24.6 Å². The Hall–Kier alpha value is -3.23. The second kappa shape index (κ2) is 6.82. The number of hydrogen-bond acceptors (Lipinski definition) is 6. The Morgan fingerprint density at radius 1 is 1.37 bits per heavy atom. The van der Waals surface area contributed by atoms with Crippen LogP contribution < -0.4 is 15.4 Å². The molecule has 2 N–H and O–H groups in total. The Bertz CT molecular complexity index is 1000. The molecule has 0 unspecified atom stereocenters. The van der Waals surface area contributed by atoms with Gasteiger partial charge in [-0.2, -0.15) is 5.10 Å². The minimum absolute atomic E-state index is 0.218. The first-order valence-corrected chi connectivity index (χ1v) is 8.75. The average molecular weight is 370 g/mol. The Balaban J connectivity index is 1.82. The van der Waals surface area contributed by atoms with Gasteiger partial charge in [-0.1, -0.05) is 6.92 Å². The lowest BCUT2D eigenvalue weighted by Gasteiger charge is -2.20. The molecule has 0 saturated carbocycles. The number of pyridine rings is 1. The minimum atomic E-state index is -0.447. The molecule has 27 heavy (non-hydrogen) atoms. The molecule has 0 aromatic carbocycles. The molecule has 2 atom stereocenters. The lowest BCUT2D eigenvalue weighted by molar-refractivity contribution is 0.0920. The van der Waals surface area contributed by atoms with E-state index in [4.69, 9.17) is 4.74 Å². The highest BCUT2D eigenvalue weighted by atomic mass is 19.1. The highest BCUT2D eigenvalue weighted by molar-refractivity contribution is 5.99. The number of nitrogens with zero attached hydrogens (tertiary/aromatic N) is 4. The number of hydrogen-bond donors (Lipinski definition) is 2. The largest absolute Gasteiger partial charge is 0.475 e. The van der Waals surface area contributed by atoms with Gasteiger partial charge in [0.25, 0.3) is 5.91 Å². The van der Waals surface area contributed by atoms with Crippen molar-refractivity contribution >= 4 is 17.4 Å². The molecule has 3 aromatic heterocycles. The summed E-state index contributed by atoms with van der Waals surface area (Å²) in [5, 5.41) is 10.3. The molecular formula is C18H19FN6O2. The number of rotatable bonds is 1. The number of halogens is 1. The van der Waals surface area contributed by atoms with Crippen LogP contribution in [0.5, 0.6) is 5.88 Å². The van der Waals surface area contributed by atoms with E-state index >= 15 is 0 Å². The number of ether oxygens (including phenoxy) is 1. The first-order valence-electron chi connectivity index (χ1n) is 8.75. The second-order valence-electron chi connectivity index (χ2n) is 6.44. The van der Waals surface area contributed by atoms with Crippen molar-refractivity contribution in [3.05, 3.63) is 47.7 Å². The zero-order valence-electron chi connectivity index (χ0n) is 14.9. The highest BCUT2D eigenvalue weighted by Gasteiger charge is 2.22. The van der Waals surface area contributed by atoms with E-state index in [9.17, 15) is 9.18 Å². The van der Waals surface area contributed by atoms with Crippen LogP contribution in [-0.2, 0) is 0 Å². The van der Waals surface area contributed by atoms with Crippen LogP contribution in [0.25, 0.3) is 5.65 Å². The molecular weight excluding hydrogens is 351 g/mol. The highest BCUT2D eigenvalue weighted by Crippen LogP contribution is 2.27. The monoisotopic (exact) mass is 370 g/mol.